The number of ether oxygens (including phenoxy) is 1. The summed E-state index contributed by atoms with van der Waals surface area (Å²) < 4.78 is 7.30. The summed E-state index contributed by atoms with van der Waals surface area (Å²) >= 11 is 6.13. The van der Waals surface area contributed by atoms with Crippen LogP contribution < -0.4 is 10.1 Å². The van der Waals surface area contributed by atoms with Crippen molar-refractivity contribution in [1.82, 2.24) is 15.1 Å². The van der Waals surface area contributed by atoms with E-state index >= 15 is 0 Å². The van der Waals surface area contributed by atoms with Gasteiger partial charge in [-0.3, -0.25) is 4.79 Å². The van der Waals surface area contributed by atoms with Gasteiger partial charge in [-0.2, -0.15) is 5.10 Å². The lowest BCUT2D eigenvalue weighted by molar-refractivity contribution is 0.0944. The van der Waals surface area contributed by atoms with Gasteiger partial charge in [0.2, 0.25) is 0 Å². The van der Waals surface area contributed by atoms with E-state index in [0.29, 0.717) is 11.7 Å². The quantitative estimate of drug-likeness (QED) is 0.921. The van der Waals surface area contributed by atoms with Crippen LogP contribution in [-0.4, -0.2) is 21.7 Å². The minimum Gasteiger partial charge on any atom is -0.471 e. The second kappa shape index (κ2) is 6.01. The molecule has 1 fully saturated rings. The fourth-order valence-electron chi connectivity index (χ4n) is 2.17. The highest BCUT2D eigenvalue weighted by atomic mass is 35.5. The van der Waals surface area contributed by atoms with E-state index in [-0.39, 0.29) is 12.6 Å². The average molecular weight is 320 g/mol. The lowest BCUT2D eigenvalue weighted by Gasteiger charge is -2.10. The molecule has 0 unspecified atom stereocenters. The van der Waals surface area contributed by atoms with E-state index in [1.54, 1.807) is 16.9 Å². The van der Waals surface area contributed by atoms with Gasteiger partial charge in [-0.25, -0.2) is 4.68 Å². The normalized spacial score (nSPS) is 14.0. The molecule has 0 atom stereocenters. The lowest BCUT2D eigenvalue weighted by atomic mass is 10.1. The van der Waals surface area contributed by atoms with Crippen molar-refractivity contribution in [2.75, 3.05) is 0 Å². The summed E-state index contributed by atoms with van der Waals surface area (Å²) in [6.07, 6.45) is 3.85. The Morgan fingerprint density at radius 1 is 1.41 bits per heavy atom. The molecule has 1 heterocycles. The van der Waals surface area contributed by atoms with Crippen molar-refractivity contribution in [1.29, 1.82) is 0 Å². The van der Waals surface area contributed by atoms with Crippen LogP contribution in [0.5, 0.6) is 5.75 Å². The first-order chi connectivity index (χ1) is 10.5. The zero-order valence-electron chi connectivity index (χ0n) is 12.6. The first kappa shape index (κ1) is 14.9. The SMILES string of the molecule is Cc1cc(OCn2ccc(C(=O)NC3CC3)n2)cc(C)c1Cl. The van der Waals surface area contributed by atoms with Crippen molar-refractivity contribution in [3.63, 3.8) is 0 Å². The van der Waals surface area contributed by atoms with E-state index in [4.69, 9.17) is 16.3 Å². The number of nitrogens with one attached hydrogen (secondary N) is 1. The van der Waals surface area contributed by atoms with E-state index in [0.717, 1.165) is 34.7 Å². The maximum atomic E-state index is 11.9. The number of amides is 1. The van der Waals surface area contributed by atoms with Crippen LogP contribution in [0.15, 0.2) is 24.4 Å². The zero-order chi connectivity index (χ0) is 15.7. The molecule has 116 valence electrons. The number of carbonyl (C=O) groups excluding carboxylic acids is 1. The van der Waals surface area contributed by atoms with Crippen molar-refractivity contribution >= 4 is 17.5 Å². The molecule has 5 nitrogen and oxygen atoms in total. The smallest absolute Gasteiger partial charge is 0.271 e. The van der Waals surface area contributed by atoms with Gasteiger partial charge in [0.25, 0.3) is 5.91 Å². The van der Waals surface area contributed by atoms with Crippen LogP contribution >= 0.6 is 11.6 Å². The van der Waals surface area contributed by atoms with E-state index in [2.05, 4.69) is 10.4 Å². The Kier molecular flexibility index (Phi) is 4.07. The summed E-state index contributed by atoms with van der Waals surface area (Å²) in [5.41, 5.74) is 2.36. The number of rotatable bonds is 5. The zero-order valence-corrected chi connectivity index (χ0v) is 13.4. The van der Waals surface area contributed by atoms with Crippen LogP contribution in [0.3, 0.4) is 0 Å². The van der Waals surface area contributed by atoms with Gasteiger partial charge in [0.05, 0.1) is 0 Å². The fourth-order valence-corrected chi connectivity index (χ4v) is 2.28. The molecule has 0 spiro atoms. The first-order valence-corrected chi connectivity index (χ1v) is 7.64. The number of hydrogen-bond acceptors (Lipinski definition) is 3. The minimum atomic E-state index is -0.126. The summed E-state index contributed by atoms with van der Waals surface area (Å²) in [7, 11) is 0. The molecule has 0 radical (unpaired) electrons. The van der Waals surface area contributed by atoms with Gasteiger partial charge in [0.15, 0.2) is 6.73 Å². The Morgan fingerprint density at radius 2 is 2.09 bits per heavy atom. The van der Waals surface area contributed by atoms with E-state index < -0.39 is 0 Å². The van der Waals surface area contributed by atoms with Crippen molar-refractivity contribution in [2.45, 2.75) is 39.5 Å². The van der Waals surface area contributed by atoms with Crippen molar-refractivity contribution in [2.24, 2.45) is 0 Å². The topological polar surface area (TPSA) is 56.1 Å². The van der Waals surface area contributed by atoms with Gasteiger partial charge in [0.1, 0.15) is 11.4 Å². The van der Waals surface area contributed by atoms with Gasteiger partial charge < -0.3 is 10.1 Å². The molecule has 0 saturated heterocycles. The van der Waals surface area contributed by atoms with Gasteiger partial charge >= 0.3 is 0 Å². The third-order valence-corrected chi connectivity index (χ3v) is 4.16. The summed E-state index contributed by atoms with van der Waals surface area (Å²) in [4.78, 5) is 11.9. The number of benzene rings is 1. The highest BCUT2D eigenvalue weighted by Crippen LogP contribution is 2.26. The second-order valence-corrected chi connectivity index (χ2v) is 6.01. The molecule has 3 rings (SSSR count). The number of carbonyl (C=O) groups is 1. The van der Waals surface area contributed by atoms with Gasteiger partial charge in [-0.1, -0.05) is 11.6 Å². The minimum absolute atomic E-state index is 0.126. The number of aromatic nitrogens is 2. The molecular weight excluding hydrogens is 302 g/mol. The summed E-state index contributed by atoms with van der Waals surface area (Å²) in [6.45, 7) is 4.13. The molecule has 6 heteroatoms. The maximum absolute atomic E-state index is 11.9. The standard InChI is InChI=1S/C16H18ClN3O2/c1-10-7-13(8-11(2)15(10)17)22-9-20-6-5-14(19-20)16(21)18-12-3-4-12/h5-8,12H,3-4,9H2,1-2H3,(H,18,21). The molecule has 1 amide bonds. The third kappa shape index (κ3) is 3.42. The molecule has 1 N–H and O–H groups in total. The van der Waals surface area contributed by atoms with Gasteiger partial charge in [-0.05, 0) is 56.0 Å². The van der Waals surface area contributed by atoms with Crippen molar-refractivity contribution in [3.05, 3.63) is 46.2 Å². The average Bonchev–Trinajstić information content (AvgIpc) is 3.16. The van der Waals surface area contributed by atoms with E-state index in [1.165, 1.54) is 0 Å². The predicted molar refractivity (Wildman–Crippen MR) is 84.3 cm³/mol. The second-order valence-electron chi connectivity index (χ2n) is 5.63. The molecule has 1 aromatic heterocycles. The Balaban J connectivity index is 1.61. The number of aryl methyl sites for hydroxylation is 2. The highest BCUT2D eigenvalue weighted by Gasteiger charge is 2.24. The summed E-state index contributed by atoms with van der Waals surface area (Å²) in [5, 5.41) is 7.89. The fraction of sp³-hybridized carbons (Fsp3) is 0.375. The van der Waals surface area contributed by atoms with Crippen LogP contribution in [-0.2, 0) is 6.73 Å². The van der Waals surface area contributed by atoms with Crippen LogP contribution in [0.2, 0.25) is 5.02 Å². The molecular formula is C16H18ClN3O2. The molecule has 1 saturated carbocycles. The Labute approximate surface area is 134 Å². The van der Waals surface area contributed by atoms with Crippen molar-refractivity contribution in [3.8, 4) is 5.75 Å². The molecule has 22 heavy (non-hydrogen) atoms. The van der Waals surface area contributed by atoms with E-state index in [9.17, 15) is 4.79 Å². The van der Waals surface area contributed by atoms with Gasteiger partial charge in [0, 0.05) is 17.3 Å². The number of nitrogens with zero attached hydrogens (tertiary/aromatic N) is 2. The van der Waals surface area contributed by atoms with E-state index in [1.807, 2.05) is 26.0 Å². The number of hydrogen-bond donors (Lipinski definition) is 1. The molecule has 1 aromatic carbocycles. The Bertz CT molecular complexity index is 684. The van der Waals surface area contributed by atoms with Crippen LogP contribution in [0.25, 0.3) is 0 Å². The van der Waals surface area contributed by atoms with Gasteiger partial charge in [-0.15, -0.1) is 0 Å². The maximum Gasteiger partial charge on any atom is 0.271 e. The summed E-state index contributed by atoms with van der Waals surface area (Å²) in [5.74, 6) is 0.610. The highest BCUT2D eigenvalue weighted by molar-refractivity contribution is 6.32. The third-order valence-electron chi connectivity index (χ3n) is 3.56. The molecule has 1 aliphatic rings. The molecule has 2 aromatic rings. The first-order valence-electron chi connectivity index (χ1n) is 7.27. The monoisotopic (exact) mass is 319 g/mol. The van der Waals surface area contributed by atoms with Crippen LogP contribution in [0.4, 0.5) is 0 Å². The lowest BCUT2D eigenvalue weighted by Crippen LogP contribution is -2.26. The molecule has 0 aliphatic heterocycles. The van der Waals surface area contributed by atoms with Crippen molar-refractivity contribution < 1.29 is 9.53 Å². The predicted octanol–water partition coefficient (Wildman–Crippen LogP) is 3.08. The molecule has 0 bridgehead atoms. The number of halogens is 1. The molecule has 1 aliphatic carbocycles. The van der Waals surface area contributed by atoms with Crippen LogP contribution in [0.1, 0.15) is 34.5 Å². The largest absolute Gasteiger partial charge is 0.471 e. The Hall–Kier alpha value is -2.01. The Morgan fingerprint density at radius 3 is 2.73 bits per heavy atom. The summed E-state index contributed by atoms with van der Waals surface area (Å²) in [6, 6.07) is 5.80. The van der Waals surface area contributed by atoms with Crippen LogP contribution in [0, 0.1) is 13.8 Å².